The van der Waals surface area contributed by atoms with Crippen molar-refractivity contribution < 1.29 is 14.2 Å². The number of carbonyl (C=O) groups excluding carboxylic acids is 2. The molecule has 0 aliphatic rings. The molecular weight excluding hydrogens is 470 g/mol. The molecule has 0 radical (unpaired) electrons. The standard InChI is InChI=1S/C25H20ClN5O2S/c26-19-6-8-20(9-7-19)29-24(33)21-5-4-11-28-25(21)34-17-18-10-12-27-22(15-18)30-23(32)16-31-13-2-1-3-14-31/h1-15H,16-17H2,(H-,27,29,30,32,33)/p+1. The van der Waals surface area contributed by atoms with E-state index < -0.39 is 0 Å². The zero-order valence-corrected chi connectivity index (χ0v) is 19.6. The van der Waals surface area contributed by atoms with Gasteiger partial charge in [0.15, 0.2) is 12.4 Å². The topological polar surface area (TPSA) is 87.9 Å². The van der Waals surface area contributed by atoms with Gasteiger partial charge >= 0.3 is 0 Å². The van der Waals surface area contributed by atoms with Crippen molar-refractivity contribution in [3.8, 4) is 0 Å². The summed E-state index contributed by atoms with van der Waals surface area (Å²) in [5.74, 6) is 0.608. The molecule has 3 heterocycles. The largest absolute Gasteiger partial charge is 0.322 e. The van der Waals surface area contributed by atoms with Crippen molar-refractivity contribution in [3.05, 3.63) is 108 Å². The van der Waals surface area contributed by atoms with Gasteiger partial charge in [-0.25, -0.2) is 9.97 Å². The van der Waals surface area contributed by atoms with Gasteiger partial charge in [0.1, 0.15) is 10.8 Å². The summed E-state index contributed by atoms with van der Waals surface area (Å²) in [6.45, 7) is 0.196. The van der Waals surface area contributed by atoms with Gasteiger partial charge in [0.05, 0.1) is 5.56 Å². The van der Waals surface area contributed by atoms with Gasteiger partial charge < -0.3 is 10.6 Å². The molecule has 0 spiro atoms. The van der Waals surface area contributed by atoms with Crippen molar-refractivity contribution in [1.29, 1.82) is 0 Å². The van der Waals surface area contributed by atoms with Crippen molar-refractivity contribution in [3.63, 3.8) is 0 Å². The number of hydrogen-bond acceptors (Lipinski definition) is 5. The van der Waals surface area contributed by atoms with Crippen LogP contribution in [0.1, 0.15) is 15.9 Å². The first kappa shape index (κ1) is 23.4. The molecule has 0 unspecified atom stereocenters. The second kappa shape index (κ2) is 11.4. The summed E-state index contributed by atoms with van der Waals surface area (Å²) < 4.78 is 1.78. The minimum atomic E-state index is -0.251. The summed E-state index contributed by atoms with van der Waals surface area (Å²) >= 11 is 7.34. The lowest BCUT2D eigenvalue weighted by Gasteiger charge is -2.10. The summed E-state index contributed by atoms with van der Waals surface area (Å²) in [6.07, 6.45) is 6.95. The highest BCUT2D eigenvalue weighted by Crippen LogP contribution is 2.26. The number of benzene rings is 1. The number of nitrogens with one attached hydrogen (secondary N) is 2. The second-order valence-electron chi connectivity index (χ2n) is 7.25. The molecule has 0 atom stereocenters. The number of rotatable bonds is 8. The summed E-state index contributed by atoms with van der Waals surface area (Å²) in [6, 6.07) is 19.7. The fourth-order valence-corrected chi connectivity index (χ4v) is 4.14. The lowest BCUT2D eigenvalue weighted by molar-refractivity contribution is -0.684. The monoisotopic (exact) mass is 490 g/mol. The van der Waals surface area contributed by atoms with Crippen molar-refractivity contribution in [1.82, 2.24) is 9.97 Å². The van der Waals surface area contributed by atoms with Crippen LogP contribution in [0.15, 0.2) is 96.5 Å². The normalized spacial score (nSPS) is 10.5. The van der Waals surface area contributed by atoms with E-state index in [1.165, 1.54) is 11.8 Å². The highest BCUT2D eigenvalue weighted by Gasteiger charge is 2.14. The number of halogens is 1. The van der Waals surface area contributed by atoms with Crippen LogP contribution in [0.3, 0.4) is 0 Å². The quantitative estimate of drug-likeness (QED) is 0.278. The Hall–Kier alpha value is -3.75. The molecule has 0 saturated heterocycles. The van der Waals surface area contributed by atoms with Crippen molar-refractivity contribution in [2.45, 2.75) is 17.3 Å². The minimum absolute atomic E-state index is 0.167. The number of carbonyl (C=O) groups is 2. The van der Waals surface area contributed by atoms with Crippen LogP contribution in [0.25, 0.3) is 0 Å². The zero-order valence-electron chi connectivity index (χ0n) is 18.0. The Morgan fingerprint density at radius 1 is 0.912 bits per heavy atom. The van der Waals surface area contributed by atoms with E-state index >= 15 is 0 Å². The molecule has 4 aromatic rings. The third-order valence-corrected chi connectivity index (χ3v) is 6.02. The first-order valence-corrected chi connectivity index (χ1v) is 11.8. The van der Waals surface area contributed by atoms with Crippen LogP contribution in [0.4, 0.5) is 11.5 Å². The highest BCUT2D eigenvalue weighted by molar-refractivity contribution is 7.98. The molecule has 7 nitrogen and oxygen atoms in total. The van der Waals surface area contributed by atoms with Gasteiger partial charge in [0.25, 0.3) is 11.8 Å². The Morgan fingerprint density at radius 3 is 2.50 bits per heavy atom. The summed E-state index contributed by atoms with van der Waals surface area (Å²) in [7, 11) is 0. The Kier molecular flexibility index (Phi) is 7.85. The van der Waals surface area contributed by atoms with Gasteiger partial charge in [0, 0.05) is 41.0 Å². The molecule has 4 rings (SSSR count). The van der Waals surface area contributed by atoms with Crippen LogP contribution >= 0.6 is 23.4 Å². The molecule has 170 valence electrons. The number of pyridine rings is 3. The number of thioether (sulfide) groups is 1. The van der Waals surface area contributed by atoms with E-state index in [0.717, 1.165) is 5.56 Å². The van der Waals surface area contributed by atoms with Gasteiger partial charge in [-0.1, -0.05) is 17.7 Å². The number of amides is 2. The summed E-state index contributed by atoms with van der Waals surface area (Å²) in [5.41, 5.74) is 2.07. The Balaban J connectivity index is 1.38. The maximum Gasteiger partial charge on any atom is 0.291 e. The molecule has 0 saturated carbocycles. The fourth-order valence-electron chi connectivity index (χ4n) is 3.08. The van der Waals surface area contributed by atoms with Crippen LogP contribution in [-0.4, -0.2) is 21.8 Å². The predicted molar refractivity (Wildman–Crippen MR) is 133 cm³/mol. The van der Waals surface area contributed by atoms with Crippen LogP contribution < -0.4 is 15.2 Å². The van der Waals surface area contributed by atoms with E-state index in [2.05, 4.69) is 20.6 Å². The molecule has 0 aliphatic heterocycles. The number of nitrogens with zero attached hydrogens (tertiary/aromatic N) is 3. The fraction of sp³-hybridized carbons (Fsp3) is 0.0800. The molecule has 2 N–H and O–H groups in total. The second-order valence-corrected chi connectivity index (χ2v) is 8.65. The highest BCUT2D eigenvalue weighted by atomic mass is 35.5. The SMILES string of the molecule is O=C(C[n+]1ccccc1)Nc1cc(CSc2ncccc2C(=O)Nc2ccc(Cl)cc2)ccn1. The maximum absolute atomic E-state index is 12.8. The lowest BCUT2D eigenvalue weighted by atomic mass is 10.2. The average molecular weight is 491 g/mol. The third-order valence-electron chi connectivity index (χ3n) is 4.69. The number of hydrogen-bond donors (Lipinski definition) is 2. The van der Waals surface area contributed by atoms with E-state index in [1.807, 2.05) is 42.7 Å². The molecule has 2 amide bonds. The molecule has 0 aliphatic carbocycles. The van der Waals surface area contributed by atoms with Gasteiger partial charge in [-0.15, -0.1) is 11.8 Å². The molecule has 34 heavy (non-hydrogen) atoms. The summed E-state index contributed by atoms with van der Waals surface area (Å²) in [5, 5.41) is 6.89. The molecule has 0 fully saturated rings. The van der Waals surface area contributed by atoms with Gasteiger partial charge in [0.2, 0.25) is 6.54 Å². The summed E-state index contributed by atoms with van der Waals surface area (Å²) in [4.78, 5) is 33.7. The Labute approximate surface area is 206 Å². The molecule has 1 aromatic carbocycles. The van der Waals surface area contributed by atoms with E-state index in [1.54, 1.807) is 53.4 Å². The van der Waals surface area contributed by atoms with E-state index in [0.29, 0.717) is 32.9 Å². The lowest BCUT2D eigenvalue weighted by Crippen LogP contribution is -2.39. The Bertz CT molecular complexity index is 1290. The molecular formula is C25H21ClN5O2S+. The zero-order chi connectivity index (χ0) is 23.8. The van der Waals surface area contributed by atoms with Crippen LogP contribution in [0, 0.1) is 0 Å². The van der Waals surface area contributed by atoms with E-state index in [-0.39, 0.29) is 18.4 Å². The Morgan fingerprint density at radius 2 is 1.71 bits per heavy atom. The van der Waals surface area contributed by atoms with E-state index in [4.69, 9.17) is 11.6 Å². The van der Waals surface area contributed by atoms with Crippen LogP contribution in [0.2, 0.25) is 5.02 Å². The van der Waals surface area contributed by atoms with Crippen molar-refractivity contribution in [2.24, 2.45) is 0 Å². The molecule has 0 bridgehead atoms. The maximum atomic E-state index is 12.8. The van der Waals surface area contributed by atoms with Crippen molar-refractivity contribution in [2.75, 3.05) is 10.6 Å². The van der Waals surface area contributed by atoms with Gasteiger partial charge in [-0.05, 0) is 54.1 Å². The van der Waals surface area contributed by atoms with E-state index in [9.17, 15) is 9.59 Å². The molecule has 3 aromatic heterocycles. The minimum Gasteiger partial charge on any atom is -0.322 e. The van der Waals surface area contributed by atoms with Crippen LogP contribution in [0.5, 0.6) is 0 Å². The molecule has 9 heteroatoms. The van der Waals surface area contributed by atoms with Gasteiger partial charge in [-0.3, -0.25) is 9.59 Å². The van der Waals surface area contributed by atoms with Crippen LogP contribution in [-0.2, 0) is 17.1 Å². The third kappa shape index (κ3) is 6.63. The number of anilines is 2. The van der Waals surface area contributed by atoms with Crippen molar-refractivity contribution >= 4 is 46.7 Å². The first-order valence-electron chi connectivity index (χ1n) is 10.4. The smallest absolute Gasteiger partial charge is 0.291 e. The van der Waals surface area contributed by atoms with Gasteiger partial charge in [-0.2, -0.15) is 4.57 Å². The first-order chi connectivity index (χ1) is 16.6. The average Bonchev–Trinajstić information content (AvgIpc) is 2.85. The predicted octanol–water partition coefficient (Wildman–Crippen LogP) is 4.60. The number of aromatic nitrogens is 3.